The van der Waals surface area contributed by atoms with Gasteiger partial charge in [-0.3, -0.25) is 19.3 Å². The number of likely N-dealkylation sites (tertiary alicyclic amines) is 1. The average molecular weight is 545 g/mol. The number of nitrogens with one attached hydrogen (secondary N) is 3. The van der Waals surface area contributed by atoms with E-state index in [4.69, 9.17) is 4.74 Å². The Hall–Kier alpha value is -3.14. The molecule has 1 aromatic heterocycles. The van der Waals surface area contributed by atoms with Crippen molar-refractivity contribution in [3.05, 3.63) is 35.2 Å². The number of piperidine rings is 1. The van der Waals surface area contributed by atoms with Crippen LogP contribution in [0.4, 0.5) is 4.79 Å². The Morgan fingerprint density at radius 3 is 2.47 bits per heavy atom. The number of carbonyl (C=O) groups is 4. The Kier molecular flexibility index (Phi) is 10.1. The number of hydrogen-bond acceptors (Lipinski definition) is 6. The molecule has 3 N–H and O–H groups in total. The fourth-order valence-electron chi connectivity index (χ4n) is 4.38. The van der Waals surface area contributed by atoms with Crippen LogP contribution in [0.2, 0.25) is 0 Å². The summed E-state index contributed by atoms with van der Waals surface area (Å²) >= 11 is 1.39. The molecule has 2 heterocycles. The molecular formula is C28H40N4O5S. The van der Waals surface area contributed by atoms with Crippen LogP contribution >= 0.6 is 11.3 Å². The lowest BCUT2D eigenvalue weighted by Gasteiger charge is -2.35. The van der Waals surface area contributed by atoms with Crippen LogP contribution in [0.15, 0.2) is 30.3 Å². The number of hydrogen-bond donors (Lipinski definition) is 3. The van der Waals surface area contributed by atoms with Crippen LogP contribution in [0.5, 0.6) is 0 Å². The predicted molar refractivity (Wildman–Crippen MR) is 149 cm³/mol. The van der Waals surface area contributed by atoms with Crippen LogP contribution in [0, 0.1) is 5.92 Å². The van der Waals surface area contributed by atoms with Crippen LogP contribution in [0.25, 0.3) is 10.1 Å². The molecule has 9 nitrogen and oxygen atoms in total. The SMILES string of the molecule is CC(C)CC(NC(=O)c1cc2ccccc2s1)C(=O)NCCNC(=O)[C@H]1CCCCN1C(=O)OC(C)(C)C. The van der Waals surface area contributed by atoms with E-state index in [0.717, 1.165) is 22.9 Å². The van der Waals surface area contributed by atoms with E-state index in [-0.39, 0.29) is 36.7 Å². The number of carbonyl (C=O) groups excluding carboxylic acids is 4. The Morgan fingerprint density at radius 1 is 1.08 bits per heavy atom. The highest BCUT2D eigenvalue weighted by Gasteiger charge is 2.34. The van der Waals surface area contributed by atoms with Gasteiger partial charge < -0.3 is 20.7 Å². The first-order valence-corrected chi connectivity index (χ1v) is 14.1. The molecule has 1 aromatic carbocycles. The Morgan fingerprint density at radius 2 is 1.79 bits per heavy atom. The fourth-order valence-corrected chi connectivity index (χ4v) is 5.35. The van der Waals surface area contributed by atoms with Crippen molar-refractivity contribution >= 4 is 45.2 Å². The molecule has 1 unspecified atom stereocenters. The number of ether oxygens (including phenoxy) is 1. The molecule has 38 heavy (non-hydrogen) atoms. The van der Waals surface area contributed by atoms with Gasteiger partial charge in [0.2, 0.25) is 11.8 Å². The first kappa shape index (κ1) is 29.4. The summed E-state index contributed by atoms with van der Waals surface area (Å²) in [6.07, 6.45) is 2.24. The second-order valence-corrected chi connectivity index (χ2v) is 12.2. The lowest BCUT2D eigenvalue weighted by molar-refractivity contribution is -0.128. The molecule has 1 fully saturated rings. The number of thiophene rings is 1. The fraction of sp³-hybridized carbons (Fsp3) is 0.571. The Bertz CT molecular complexity index is 1110. The third kappa shape index (κ3) is 8.44. The summed E-state index contributed by atoms with van der Waals surface area (Å²) in [5, 5.41) is 9.52. The first-order valence-electron chi connectivity index (χ1n) is 13.3. The van der Waals surface area contributed by atoms with Gasteiger partial charge in [0.05, 0.1) is 4.88 Å². The second-order valence-electron chi connectivity index (χ2n) is 11.1. The van der Waals surface area contributed by atoms with Crippen molar-refractivity contribution in [3.63, 3.8) is 0 Å². The van der Waals surface area contributed by atoms with Crippen LogP contribution in [-0.4, -0.2) is 66.0 Å². The molecular weight excluding hydrogens is 504 g/mol. The van der Waals surface area contributed by atoms with Crippen molar-refractivity contribution < 1.29 is 23.9 Å². The third-order valence-corrected chi connectivity index (χ3v) is 7.25. The topological polar surface area (TPSA) is 117 Å². The monoisotopic (exact) mass is 544 g/mol. The van der Waals surface area contributed by atoms with Crippen molar-refractivity contribution in [1.29, 1.82) is 0 Å². The minimum Gasteiger partial charge on any atom is -0.444 e. The lowest BCUT2D eigenvalue weighted by Crippen LogP contribution is -2.54. The lowest BCUT2D eigenvalue weighted by atomic mass is 10.0. The average Bonchev–Trinajstić information content (AvgIpc) is 3.29. The highest BCUT2D eigenvalue weighted by molar-refractivity contribution is 7.20. The van der Waals surface area contributed by atoms with Gasteiger partial charge in [-0.2, -0.15) is 0 Å². The number of fused-ring (bicyclic) bond motifs is 1. The third-order valence-electron chi connectivity index (χ3n) is 6.14. The Labute approximate surface area is 228 Å². The van der Waals surface area contributed by atoms with Gasteiger partial charge in [0.25, 0.3) is 5.91 Å². The van der Waals surface area contributed by atoms with Gasteiger partial charge in [-0.25, -0.2) is 4.79 Å². The van der Waals surface area contributed by atoms with E-state index in [1.807, 2.05) is 44.2 Å². The summed E-state index contributed by atoms with van der Waals surface area (Å²) in [7, 11) is 0. The maximum atomic E-state index is 12.9. The van der Waals surface area contributed by atoms with Gasteiger partial charge in [0.1, 0.15) is 17.7 Å². The van der Waals surface area contributed by atoms with Crippen molar-refractivity contribution in [2.24, 2.45) is 5.92 Å². The van der Waals surface area contributed by atoms with Crippen molar-refractivity contribution in [1.82, 2.24) is 20.9 Å². The smallest absolute Gasteiger partial charge is 0.410 e. The molecule has 0 spiro atoms. The molecule has 0 aliphatic carbocycles. The van der Waals surface area contributed by atoms with Crippen LogP contribution in [0.1, 0.15) is 70.0 Å². The highest BCUT2D eigenvalue weighted by atomic mass is 32.1. The molecule has 0 radical (unpaired) electrons. The van der Waals surface area contributed by atoms with Gasteiger partial charge in [0.15, 0.2) is 0 Å². The van der Waals surface area contributed by atoms with E-state index in [1.165, 1.54) is 16.2 Å². The van der Waals surface area contributed by atoms with Gasteiger partial charge in [-0.05, 0) is 69.9 Å². The Balaban J connectivity index is 1.51. The minimum absolute atomic E-state index is 0.193. The molecule has 0 saturated carbocycles. The van der Waals surface area contributed by atoms with Crippen molar-refractivity contribution in [3.8, 4) is 0 Å². The van der Waals surface area contributed by atoms with Gasteiger partial charge in [-0.1, -0.05) is 32.0 Å². The van der Waals surface area contributed by atoms with E-state index in [1.54, 1.807) is 20.8 Å². The molecule has 4 amide bonds. The highest BCUT2D eigenvalue weighted by Crippen LogP contribution is 2.25. The van der Waals surface area contributed by atoms with Gasteiger partial charge >= 0.3 is 6.09 Å². The predicted octanol–water partition coefficient (Wildman–Crippen LogP) is 4.07. The van der Waals surface area contributed by atoms with Crippen molar-refractivity contribution in [2.45, 2.75) is 78.0 Å². The second kappa shape index (κ2) is 13.1. The maximum absolute atomic E-state index is 12.9. The quantitative estimate of drug-likeness (QED) is 0.412. The molecule has 1 aliphatic rings. The van der Waals surface area contributed by atoms with E-state index in [9.17, 15) is 19.2 Å². The zero-order valence-electron chi connectivity index (χ0n) is 23.0. The first-order chi connectivity index (χ1) is 17.9. The molecule has 0 bridgehead atoms. The normalized spacial score (nSPS) is 16.7. The molecule has 2 aromatic rings. The summed E-state index contributed by atoms with van der Waals surface area (Å²) in [6, 6.07) is 8.32. The van der Waals surface area contributed by atoms with Gasteiger partial charge in [-0.15, -0.1) is 11.3 Å². The minimum atomic E-state index is -0.690. The zero-order chi connectivity index (χ0) is 27.9. The van der Waals surface area contributed by atoms with E-state index >= 15 is 0 Å². The van der Waals surface area contributed by atoms with E-state index in [2.05, 4.69) is 16.0 Å². The van der Waals surface area contributed by atoms with E-state index < -0.39 is 23.8 Å². The molecule has 3 rings (SSSR count). The summed E-state index contributed by atoms with van der Waals surface area (Å²) in [5.74, 6) is -0.643. The van der Waals surface area contributed by atoms with Crippen LogP contribution < -0.4 is 16.0 Å². The standard InChI is InChI=1S/C28H40N4O5S/c1-18(2)16-20(31-26(35)23-17-19-10-6-7-12-22(19)38-23)24(33)29-13-14-30-25(34)21-11-8-9-15-32(21)27(36)37-28(3,4)5/h6-7,10,12,17-18,20-21H,8-9,11,13-16H2,1-5H3,(H,29,33)(H,30,34)(H,31,35)/t20?,21-/m1/s1. The molecule has 10 heteroatoms. The largest absolute Gasteiger partial charge is 0.444 e. The molecule has 208 valence electrons. The van der Waals surface area contributed by atoms with Crippen LogP contribution in [0.3, 0.4) is 0 Å². The number of benzene rings is 1. The zero-order valence-corrected chi connectivity index (χ0v) is 23.8. The molecule has 1 aliphatic heterocycles. The van der Waals surface area contributed by atoms with E-state index in [0.29, 0.717) is 24.3 Å². The maximum Gasteiger partial charge on any atom is 0.410 e. The summed E-state index contributed by atoms with van der Waals surface area (Å²) in [5.41, 5.74) is -0.640. The van der Waals surface area contributed by atoms with Crippen molar-refractivity contribution in [2.75, 3.05) is 19.6 Å². The summed E-state index contributed by atoms with van der Waals surface area (Å²) in [4.78, 5) is 53.3. The number of rotatable bonds is 9. The summed E-state index contributed by atoms with van der Waals surface area (Å²) < 4.78 is 6.48. The molecule has 2 atom stereocenters. The summed E-state index contributed by atoms with van der Waals surface area (Å²) in [6.45, 7) is 10.3. The number of nitrogens with zero attached hydrogens (tertiary/aromatic N) is 1. The molecule has 1 saturated heterocycles. The van der Waals surface area contributed by atoms with Gasteiger partial charge in [0, 0.05) is 24.3 Å². The number of amides is 4. The van der Waals surface area contributed by atoms with Crippen LogP contribution in [-0.2, 0) is 14.3 Å².